The van der Waals surface area contributed by atoms with Gasteiger partial charge in [0.15, 0.2) is 5.69 Å². The fourth-order valence-corrected chi connectivity index (χ4v) is 3.45. The summed E-state index contributed by atoms with van der Waals surface area (Å²) in [5.74, 6) is -0.362. The summed E-state index contributed by atoms with van der Waals surface area (Å²) in [6, 6.07) is 15.7. The SMILES string of the molecule is COCc1c(C(=O)O)ncc2[nH]c3ccc(OCc4ccccc4)cc3c12.c1c[nH]cn1. The number of imidazole rings is 1. The molecule has 0 bridgehead atoms. The molecule has 2 aromatic carbocycles. The summed E-state index contributed by atoms with van der Waals surface area (Å²) in [5.41, 5.74) is 3.28. The maximum Gasteiger partial charge on any atom is 0.354 e. The zero-order valence-corrected chi connectivity index (χ0v) is 17.4. The van der Waals surface area contributed by atoms with Gasteiger partial charge in [-0.1, -0.05) is 30.3 Å². The van der Waals surface area contributed by atoms with Crippen LogP contribution < -0.4 is 4.74 Å². The van der Waals surface area contributed by atoms with Crippen LogP contribution >= 0.6 is 0 Å². The topological polar surface area (TPSA) is 113 Å². The van der Waals surface area contributed by atoms with Crippen LogP contribution in [0, 0.1) is 0 Å². The molecule has 0 unspecified atom stereocenters. The number of H-pyrrole nitrogens is 2. The Hall–Kier alpha value is -4.17. The summed E-state index contributed by atoms with van der Waals surface area (Å²) >= 11 is 0. The first-order valence-corrected chi connectivity index (χ1v) is 9.92. The highest BCUT2D eigenvalue weighted by Crippen LogP contribution is 2.32. The van der Waals surface area contributed by atoms with E-state index in [1.54, 1.807) is 24.9 Å². The number of rotatable bonds is 6. The molecule has 0 amide bonds. The Morgan fingerprint density at radius 3 is 2.59 bits per heavy atom. The number of aromatic nitrogens is 4. The van der Waals surface area contributed by atoms with Crippen molar-refractivity contribution in [2.45, 2.75) is 13.2 Å². The summed E-state index contributed by atoms with van der Waals surface area (Å²) in [7, 11) is 1.54. The van der Waals surface area contributed by atoms with Crippen molar-refractivity contribution in [3.8, 4) is 5.75 Å². The molecule has 5 aromatic rings. The van der Waals surface area contributed by atoms with E-state index >= 15 is 0 Å². The lowest BCUT2D eigenvalue weighted by Gasteiger charge is -2.08. The van der Waals surface area contributed by atoms with Crippen LogP contribution in [0.4, 0.5) is 0 Å². The van der Waals surface area contributed by atoms with Gasteiger partial charge in [-0.05, 0) is 23.8 Å². The molecule has 0 fully saturated rings. The van der Waals surface area contributed by atoms with E-state index in [1.807, 2.05) is 48.5 Å². The van der Waals surface area contributed by atoms with Crippen LogP contribution in [-0.2, 0) is 18.0 Å². The number of benzene rings is 2. The largest absolute Gasteiger partial charge is 0.489 e. The number of carbonyl (C=O) groups is 1. The Morgan fingerprint density at radius 2 is 1.94 bits per heavy atom. The van der Waals surface area contributed by atoms with Gasteiger partial charge in [-0.25, -0.2) is 14.8 Å². The molecule has 8 heteroatoms. The first-order valence-electron chi connectivity index (χ1n) is 9.92. The Morgan fingerprint density at radius 1 is 1.09 bits per heavy atom. The number of nitrogens with zero attached hydrogens (tertiary/aromatic N) is 2. The van der Waals surface area contributed by atoms with Crippen LogP contribution in [0.3, 0.4) is 0 Å². The molecule has 0 atom stereocenters. The lowest BCUT2D eigenvalue weighted by Crippen LogP contribution is -2.07. The number of ether oxygens (including phenoxy) is 2. The maximum absolute atomic E-state index is 11.6. The second-order valence-electron chi connectivity index (χ2n) is 6.98. The van der Waals surface area contributed by atoms with Crippen molar-refractivity contribution >= 4 is 27.8 Å². The third-order valence-corrected chi connectivity index (χ3v) is 4.85. The lowest BCUT2D eigenvalue weighted by molar-refractivity contribution is 0.0685. The van der Waals surface area contributed by atoms with Crippen molar-refractivity contribution in [2.24, 2.45) is 0 Å². The van der Waals surface area contributed by atoms with Gasteiger partial charge in [-0.3, -0.25) is 0 Å². The van der Waals surface area contributed by atoms with E-state index in [4.69, 9.17) is 9.47 Å². The van der Waals surface area contributed by atoms with E-state index in [9.17, 15) is 9.90 Å². The highest BCUT2D eigenvalue weighted by atomic mass is 16.5. The minimum absolute atomic E-state index is 0.000794. The minimum atomic E-state index is -1.07. The van der Waals surface area contributed by atoms with Gasteiger partial charge in [0.1, 0.15) is 12.4 Å². The van der Waals surface area contributed by atoms with Crippen molar-refractivity contribution < 1.29 is 19.4 Å². The van der Waals surface area contributed by atoms with Gasteiger partial charge in [-0.2, -0.15) is 0 Å². The number of hydrogen-bond donors (Lipinski definition) is 3. The second kappa shape index (κ2) is 9.76. The number of aromatic carboxylic acids is 1. The Bertz CT molecular complexity index is 1300. The molecule has 0 saturated heterocycles. The molecule has 8 nitrogen and oxygen atoms in total. The van der Waals surface area contributed by atoms with E-state index in [-0.39, 0.29) is 12.3 Å². The van der Waals surface area contributed by atoms with Crippen molar-refractivity contribution in [1.82, 2.24) is 19.9 Å². The van der Waals surface area contributed by atoms with Crippen molar-refractivity contribution in [3.05, 3.63) is 90.3 Å². The van der Waals surface area contributed by atoms with E-state index < -0.39 is 5.97 Å². The van der Waals surface area contributed by atoms with Gasteiger partial charge in [-0.15, -0.1) is 0 Å². The minimum Gasteiger partial charge on any atom is -0.489 e. The zero-order chi connectivity index (χ0) is 22.3. The predicted octanol–water partition coefficient (Wildman–Crippen LogP) is 4.55. The maximum atomic E-state index is 11.6. The third kappa shape index (κ3) is 4.60. The number of methoxy groups -OCH3 is 1. The molecule has 0 aliphatic heterocycles. The van der Waals surface area contributed by atoms with E-state index in [0.29, 0.717) is 17.9 Å². The van der Waals surface area contributed by atoms with Crippen molar-refractivity contribution in [1.29, 1.82) is 0 Å². The fourth-order valence-electron chi connectivity index (χ4n) is 3.45. The Labute approximate surface area is 183 Å². The number of hydrogen-bond acceptors (Lipinski definition) is 5. The molecule has 5 rings (SSSR count). The van der Waals surface area contributed by atoms with Crippen LogP contribution in [0.15, 0.2) is 73.4 Å². The molecule has 0 spiro atoms. The molecule has 32 heavy (non-hydrogen) atoms. The van der Waals surface area contributed by atoms with Crippen LogP contribution in [0.2, 0.25) is 0 Å². The average molecular weight is 430 g/mol. The van der Waals surface area contributed by atoms with E-state index in [2.05, 4.69) is 19.9 Å². The van der Waals surface area contributed by atoms with Crippen LogP contribution in [0.25, 0.3) is 21.8 Å². The van der Waals surface area contributed by atoms with Crippen LogP contribution in [-0.4, -0.2) is 38.1 Å². The molecule has 0 radical (unpaired) electrons. The summed E-state index contributed by atoms with van der Waals surface area (Å²) in [5, 5.41) is 11.2. The van der Waals surface area contributed by atoms with Crippen LogP contribution in [0.1, 0.15) is 21.6 Å². The summed E-state index contributed by atoms with van der Waals surface area (Å²) in [6.45, 7) is 0.621. The lowest BCUT2D eigenvalue weighted by atomic mass is 10.1. The summed E-state index contributed by atoms with van der Waals surface area (Å²) < 4.78 is 11.2. The van der Waals surface area contributed by atoms with Crippen LogP contribution in [0.5, 0.6) is 5.75 Å². The zero-order valence-electron chi connectivity index (χ0n) is 17.4. The standard InChI is InChI=1S/C21H18N2O4.C3H4N2/c1-26-12-16-19-15-9-14(27-11-13-5-3-2-4-6-13)7-8-17(15)23-18(19)10-22-20(16)21(24)25;1-2-5-3-4-1/h2-10,23H,11-12H2,1H3,(H,24,25);1-3H,(H,4,5). The smallest absolute Gasteiger partial charge is 0.354 e. The van der Waals surface area contributed by atoms with Gasteiger partial charge >= 0.3 is 5.97 Å². The number of aromatic amines is 2. The number of carboxylic acid groups (broad SMARTS) is 1. The van der Waals surface area contributed by atoms with Gasteiger partial charge in [0.2, 0.25) is 0 Å². The molecular weight excluding hydrogens is 408 g/mol. The quantitative estimate of drug-likeness (QED) is 0.364. The third-order valence-electron chi connectivity index (χ3n) is 4.85. The highest BCUT2D eigenvalue weighted by Gasteiger charge is 2.19. The normalized spacial score (nSPS) is 10.7. The van der Waals surface area contributed by atoms with E-state index in [0.717, 1.165) is 27.4 Å². The molecule has 0 aliphatic carbocycles. The molecule has 162 valence electrons. The molecule has 3 heterocycles. The molecule has 0 aliphatic rings. The van der Waals surface area contributed by atoms with Gasteiger partial charge in [0.25, 0.3) is 0 Å². The number of nitrogens with one attached hydrogen (secondary N) is 2. The fraction of sp³-hybridized carbons (Fsp3) is 0.125. The highest BCUT2D eigenvalue weighted by molar-refractivity contribution is 6.11. The molecular formula is C24H22N4O4. The first-order chi connectivity index (χ1) is 15.7. The predicted molar refractivity (Wildman–Crippen MR) is 121 cm³/mol. The Kier molecular flexibility index (Phi) is 6.43. The second-order valence-corrected chi connectivity index (χ2v) is 6.98. The monoisotopic (exact) mass is 430 g/mol. The van der Waals surface area contributed by atoms with Gasteiger partial charge < -0.3 is 24.5 Å². The number of fused-ring (bicyclic) bond motifs is 3. The van der Waals surface area contributed by atoms with Crippen molar-refractivity contribution in [2.75, 3.05) is 7.11 Å². The van der Waals surface area contributed by atoms with E-state index in [1.165, 1.54) is 7.11 Å². The Balaban J connectivity index is 0.000000433. The van der Waals surface area contributed by atoms with Gasteiger partial charge in [0, 0.05) is 41.4 Å². The molecule has 3 aromatic heterocycles. The number of carboxylic acids is 1. The number of pyridine rings is 1. The summed E-state index contributed by atoms with van der Waals surface area (Å²) in [4.78, 5) is 25.3. The van der Waals surface area contributed by atoms with Crippen molar-refractivity contribution in [3.63, 3.8) is 0 Å². The van der Waals surface area contributed by atoms with Gasteiger partial charge in [0.05, 0.1) is 24.6 Å². The molecule has 0 saturated carbocycles. The average Bonchev–Trinajstić information content (AvgIpc) is 3.50. The molecule has 3 N–H and O–H groups in total. The summed E-state index contributed by atoms with van der Waals surface area (Å²) in [6.07, 6.45) is 6.63. The first kappa shape index (κ1) is 21.1.